The van der Waals surface area contributed by atoms with Gasteiger partial charge in [0.2, 0.25) is 15.9 Å². The van der Waals surface area contributed by atoms with E-state index in [1.807, 2.05) is 12.2 Å². The number of urea groups is 1. The van der Waals surface area contributed by atoms with Crippen LogP contribution in [0.3, 0.4) is 0 Å². The number of hydrogen-bond donors (Lipinski definition) is 2. The molecule has 2 N–H and O–H groups in total. The lowest BCUT2D eigenvalue weighted by Crippen LogP contribution is -2.58. The van der Waals surface area contributed by atoms with Gasteiger partial charge in [0.1, 0.15) is 39.9 Å². The van der Waals surface area contributed by atoms with E-state index in [0.717, 1.165) is 23.1 Å². The third kappa shape index (κ3) is 6.97. The molecule has 2 saturated carbocycles. The highest BCUT2D eigenvalue weighted by atomic mass is 32.2. The van der Waals surface area contributed by atoms with E-state index in [-0.39, 0.29) is 41.7 Å². The van der Waals surface area contributed by atoms with E-state index >= 15 is 0 Å². The number of nitrogens with one attached hydrogen (secondary N) is 2. The molecule has 4 atom stereocenters. The first-order chi connectivity index (χ1) is 25.5. The number of carbonyl (C=O) groups is 3. The molecular formula is C36H41F3N6O7S2. The highest BCUT2D eigenvalue weighted by Crippen LogP contribution is 2.48. The Kier molecular flexibility index (Phi) is 9.59. The zero-order valence-corrected chi connectivity index (χ0v) is 31.8. The smallest absolute Gasteiger partial charge is 0.434 e. The molecule has 4 amide bonds. The van der Waals surface area contributed by atoms with Gasteiger partial charge in [-0.25, -0.2) is 23.2 Å². The molecular weight excluding hydrogens is 750 g/mol. The number of benzene rings is 1. The maximum Gasteiger partial charge on any atom is 0.434 e. The zero-order valence-electron chi connectivity index (χ0n) is 30.2. The number of fused-ring (bicyclic) bond motifs is 3. The number of thiazole rings is 1. The molecule has 4 aliphatic rings. The van der Waals surface area contributed by atoms with Crippen LogP contribution in [0.15, 0.2) is 35.7 Å². The average molecular weight is 791 g/mol. The van der Waals surface area contributed by atoms with Crippen molar-refractivity contribution >= 4 is 50.1 Å². The largest absolute Gasteiger partial charge is 0.496 e. The summed E-state index contributed by atoms with van der Waals surface area (Å²) >= 11 is 0.784. The van der Waals surface area contributed by atoms with Gasteiger partial charge in [0.25, 0.3) is 5.91 Å². The van der Waals surface area contributed by atoms with E-state index in [1.54, 1.807) is 37.9 Å². The van der Waals surface area contributed by atoms with E-state index in [1.165, 1.54) is 18.1 Å². The van der Waals surface area contributed by atoms with E-state index in [9.17, 15) is 36.0 Å². The molecule has 13 nitrogen and oxygen atoms in total. The first-order valence-electron chi connectivity index (χ1n) is 17.7. The van der Waals surface area contributed by atoms with E-state index in [0.29, 0.717) is 54.4 Å². The molecule has 0 unspecified atom stereocenters. The van der Waals surface area contributed by atoms with Crippen LogP contribution in [0.1, 0.15) is 63.1 Å². The lowest BCUT2D eigenvalue weighted by Gasteiger charge is -2.30. The van der Waals surface area contributed by atoms with Crippen LogP contribution in [-0.2, 0) is 25.8 Å². The summed E-state index contributed by atoms with van der Waals surface area (Å²) in [6.45, 7) is 3.69. The number of aromatic nitrogens is 2. The molecule has 290 valence electrons. The summed E-state index contributed by atoms with van der Waals surface area (Å²) in [5.41, 5.74) is -1.43. The molecule has 1 saturated heterocycles. The summed E-state index contributed by atoms with van der Waals surface area (Å²) in [5.74, 6) is -0.856. The van der Waals surface area contributed by atoms with Crippen LogP contribution in [0, 0.1) is 12.8 Å². The zero-order chi connectivity index (χ0) is 38.8. The third-order valence-electron chi connectivity index (χ3n) is 10.9. The third-order valence-corrected chi connectivity index (χ3v) is 13.9. The molecule has 3 aromatic rings. The number of alkyl halides is 3. The van der Waals surface area contributed by atoms with Gasteiger partial charge in [0, 0.05) is 48.3 Å². The van der Waals surface area contributed by atoms with Crippen molar-refractivity contribution in [1.29, 1.82) is 0 Å². The van der Waals surface area contributed by atoms with Crippen molar-refractivity contribution in [2.24, 2.45) is 5.92 Å². The molecule has 0 radical (unpaired) electrons. The second-order valence-electron chi connectivity index (χ2n) is 14.8. The topological polar surface area (TPSA) is 160 Å². The lowest BCUT2D eigenvalue weighted by atomic mass is 10.1. The van der Waals surface area contributed by atoms with E-state index < -0.39 is 62.2 Å². The van der Waals surface area contributed by atoms with Crippen molar-refractivity contribution in [3.8, 4) is 22.2 Å². The first kappa shape index (κ1) is 37.8. The Hall–Kier alpha value is -4.45. The number of hydrogen-bond acceptors (Lipinski definition) is 10. The number of nitrogens with zero attached hydrogens (tertiary/aromatic N) is 4. The average Bonchev–Trinajstić information content (AvgIpc) is 3.88. The summed E-state index contributed by atoms with van der Waals surface area (Å²) in [6, 6.07) is 3.21. The number of halogens is 3. The Morgan fingerprint density at radius 2 is 1.91 bits per heavy atom. The van der Waals surface area contributed by atoms with Crippen LogP contribution in [0.4, 0.5) is 18.0 Å². The summed E-state index contributed by atoms with van der Waals surface area (Å²) in [7, 11) is -0.852. The fraction of sp³-hybridized carbons (Fsp3) is 0.528. The Labute approximate surface area is 314 Å². The summed E-state index contributed by atoms with van der Waals surface area (Å²) in [6.07, 6.45) is 1.56. The van der Waals surface area contributed by atoms with Gasteiger partial charge in [-0.3, -0.25) is 14.3 Å². The molecule has 2 aromatic heterocycles. The Balaban J connectivity index is 1.21. The maximum absolute atomic E-state index is 14.2. The van der Waals surface area contributed by atoms with Crippen molar-refractivity contribution in [2.75, 3.05) is 27.2 Å². The quantitative estimate of drug-likeness (QED) is 0.308. The second-order valence-corrected chi connectivity index (χ2v) is 17.8. The Morgan fingerprint density at radius 1 is 1.15 bits per heavy atom. The van der Waals surface area contributed by atoms with Gasteiger partial charge >= 0.3 is 12.2 Å². The van der Waals surface area contributed by atoms with Gasteiger partial charge in [-0.2, -0.15) is 13.2 Å². The van der Waals surface area contributed by atoms with Crippen LogP contribution in [-0.4, -0.2) is 95.7 Å². The summed E-state index contributed by atoms with van der Waals surface area (Å²) in [5, 5.41) is 4.27. The number of aryl methyl sites for hydroxylation is 1. The number of methoxy groups -OCH3 is 1. The number of allylic oxidation sites excluding steroid dienone is 1. The molecule has 4 heterocycles. The second kappa shape index (κ2) is 13.7. The van der Waals surface area contributed by atoms with Crippen molar-refractivity contribution in [3.05, 3.63) is 47.0 Å². The summed E-state index contributed by atoms with van der Waals surface area (Å²) < 4.78 is 79.8. The number of likely N-dealkylation sites (N-methyl/N-ethyl adjacent to an activating group) is 1. The van der Waals surface area contributed by atoms with Crippen LogP contribution in [0.25, 0.3) is 21.6 Å². The number of rotatable bonds is 7. The SMILES string of the molecule is COc1ccc2c(O[C@H]3C[C@H]4C(=O)N(C)CCCC/C=C\[C@@H]5C[C@@]5(C(=O)NS(=O)(=O)C5(C)CC5)NC(=O)N4C3)cc(-c3nc(C(F)(F)F)cs3)nc2c1C. The molecule has 18 heteroatoms. The molecule has 0 spiro atoms. The van der Waals surface area contributed by atoms with Gasteiger partial charge in [-0.05, 0) is 64.5 Å². The number of ether oxygens (including phenoxy) is 2. The Bertz CT molecular complexity index is 2150. The van der Waals surface area contributed by atoms with Crippen LogP contribution < -0.4 is 19.5 Å². The fourth-order valence-electron chi connectivity index (χ4n) is 7.11. The number of pyridine rings is 1. The minimum Gasteiger partial charge on any atom is -0.496 e. The predicted octanol–water partition coefficient (Wildman–Crippen LogP) is 5.18. The number of sulfonamides is 1. The molecule has 7 rings (SSSR count). The highest BCUT2D eigenvalue weighted by molar-refractivity contribution is 7.91. The highest BCUT2D eigenvalue weighted by Gasteiger charge is 2.63. The van der Waals surface area contributed by atoms with Crippen molar-refractivity contribution in [1.82, 2.24) is 29.8 Å². The van der Waals surface area contributed by atoms with Crippen molar-refractivity contribution in [3.63, 3.8) is 0 Å². The predicted molar refractivity (Wildman–Crippen MR) is 193 cm³/mol. The van der Waals surface area contributed by atoms with Gasteiger partial charge in [-0.15, -0.1) is 11.3 Å². The first-order valence-corrected chi connectivity index (χ1v) is 20.1. The van der Waals surface area contributed by atoms with Gasteiger partial charge in [0.15, 0.2) is 5.69 Å². The maximum atomic E-state index is 14.2. The summed E-state index contributed by atoms with van der Waals surface area (Å²) in [4.78, 5) is 53.2. The Morgan fingerprint density at radius 3 is 2.59 bits per heavy atom. The standard InChI is InChI=1S/C36H41F3N6O7S2/c1-20-26(51-4)11-10-23-27(16-24(40-29(20)23)30-41-28(19-53-30)36(37,38)39)52-22-15-25-31(46)44(3)14-8-6-5-7-9-21-17-35(21,42-33(48)45(25)18-22)32(47)43-54(49,50)34(2)12-13-34/h7,9-11,16,19,21-22,25H,5-6,8,12-15,17-18H2,1-4H3,(H,42,48)(H,43,47)/b9-7-/t21-,22+,25+,35-/m1/s1. The van der Waals surface area contributed by atoms with Gasteiger partial charge in [-0.1, -0.05) is 12.2 Å². The minimum absolute atomic E-state index is 0.0186. The van der Waals surface area contributed by atoms with Gasteiger partial charge in [0.05, 0.1) is 23.9 Å². The molecule has 54 heavy (non-hydrogen) atoms. The van der Waals surface area contributed by atoms with Crippen LogP contribution in [0.5, 0.6) is 11.5 Å². The van der Waals surface area contributed by atoms with Gasteiger partial charge < -0.3 is 24.6 Å². The number of carbonyl (C=O) groups excluding carboxylic acids is 3. The van der Waals surface area contributed by atoms with Crippen LogP contribution >= 0.6 is 11.3 Å². The molecule has 2 aliphatic carbocycles. The number of amides is 4. The van der Waals surface area contributed by atoms with Crippen molar-refractivity contribution in [2.45, 2.75) is 87.4 Å². The van der Waals surface area contributed by atoms with E-state index in [2.05, 4.69) is 20.0 Å². The fourth-order valence-corrected chi connectivity index (χ4v) is 9.21. The normalized spacial score (nSPS) is 26.3. The van der Waals surface area contributed by atoms with E-state index in [4.69, 9.17) is 9.47 Å². The molecule has 0 bridgehead atoms. The molecule has 2 aliphatic heterocycles. The molecule has 1 aromatic carbocycles. The minimum atomic E-state index is -4.65. The lowest BCUT2D eigenvalue weighted by molar-refractivity contribution is -0.140. The van der Waals surface area contributed by atoms with Crippen LogP contribution in [0.2, 0.25) is 0 Å². The molecule has 3 fully saturated rings. The van der Waals surface area contributed by atoms with Crippen molar-refractivity contribution < 1.29 is 45.4 Å². The monoisotopic (exact) mass is 790 g/mol.